The van der Waals surface area contributed by atoms with Gasteiger partial charge in [-0.3, -0.25) is 14.4 Å². The van der Waals surface area contributed by atoms with Crippen molar-refractivity contribution in [2.75, 3.05) is 19.1 Å². The molecule has 4 rings (SSSR count). The van der Waals surface area contributed by atoms with E-state index in [2.05, 4.69) is 5.10 Å². The molecule has 0 saturated heterocycles. The molecule has 0 radical (unpaired) electrons. The van der Waals surface area contributed by atoms with Crippen molar-refractivity contribution >= 4 is 11.6 Å². The summed E-state index contributed by atoms with van der Waals surface area (Å²) in [5.74, 6) is 0.945. The number of alkyl halides is 3. The van der Waals surface area contributed by atoms with E-state index in [0.29, 0.717) is 22.7 Å². The molecule has 0 saturated carbocycles. The summed E-state index contributed by atoms with van der Waals surface area (Å²) >= 11 is 0. The first-order valence-electron chi connectivity index (χ1n) is 9.92. The zero-order valence-electron chi connectivity index (χ0n) is 18.0. The lowest BCUT2D eigenvalue weighted by Crippen LogP contribution is -2.26. The quantitative estimate of drug-likeness (QED) is 0.545. The summed E-state index contributed by atoms with van der Waals surface area (Å²) in [6, 6.07) is 9.07. The third kappa shape index (κ3) is 3.79. The van der Waals surface area contributed by atoms with Gasteiger partial charge in [0.1, 0.15) is 6.54 Å². The number of anilines is 1. The number of nitrogens with zero attached hydrogens (tertiary/aromatic N) is 3. The number of carbonyl (C=O) groups excluding carboxylic acids is 1. The van der Waals surface area contributed by atoms with Crippen molar-refractivity contribution < 1.29 is 27.4 Å². The van der Waals surface area contributed by atoms with Gasteiger partial charge < -0.3 is 9.47 Å². The highest BCUT2D eigenvalue weighted by Crippen LogP contribution is 2.42. The van der Waals surface area contributed by atoms with Crippen molar-refractivity contribution in [2.45, 2.75) is 32.6 Å². The molecule has 0 spiro atoms. The van der Waals surface area contributed by atoms with Crippen molar-refractivity contribution in [3.8, 4) is 22.6 Å². The number of ether oxygens (including phenoxy) is 2. The fraction of sp³-hybridized carbons (Fsp3) is 0.304. The van der Waals surface area contributed by atoms with Crippen LogP contribution >= 0.6 is 0 Å². The topological polar surface area (TPSA) is 56.6 Å². The average molecular weight is 445 g/mol. The minimum Gasteiger partial charge on any atom is -0.493 e. The smallest absolute Gasteiger partial charge is 0.408 e. The summed E-state index contributed by atoms with van der Waals surface area (Å²) in [6.45, 7) is 2.49. The van der Waals surface area contributed by atoms with Crippen LogP contribution in [0.25, 0.3) is 11.1 Å². The molecule has 0 aliphatic carbocycles. The lowest BCUT2D eigenvalue weighted by Gasteiger charge is -2.20. The molecule has 1 aliphatic rings. The van der Waals surface area contributed by atoms with E-state index in [0.717, 1.165) is 26.9 Å². The fourth-order valence-corrected chi connectivity index (χ4v) is 4.14. The maximum atomic E-state index is 13.2. The van der Waals surface area contributed by atoms with Crippen molar-refractivity contribution in [2.24, 2.45) is 0 Å². The van der Waals surface area contributed by atoms with Gasteiger partial charge in [0.15, 0.2) is 11.5 Å². The lowest BCUT2D eigenvalue weighted by atomic mass is 9.94. The summed E-state index contributed by atoms with van der Waals surface area (Å²) in [7, 11) is 3.13. The van der Waals surface area contributed by atoms with Crippen molar-refractivity contribution in [3.05, 3.63) is 59.4 Å². The van der Waals surface area contributed by atoms with Gasteiger partial charge in [0.25, 0.3) is 5.91 Å². The molecule has 9 heteroatoms. The Bertz CT molecular complexity index is 1190. The number of rotatable bonds is 5. The first kappa shape index (κ1) is 21.7. The van der Waals surface area contributed by atoms with Gasteiger partial charge in [0.05, 0.1) is 32.1 Å². The van der Waals surface area contributed by atoms with E-state index in [1.165, 1.54) is 17.3 Å². The number of hydrogen-bond acceptors (Lipinski definition) is 4. The summed E-state index contributed by atoms with van der Waals surface area (Å²) in [4.78, 5) is 14.7. The zero-order valence-corrected chi connectivity index (χ0v) is 18.0. The summed E-state index contributed by atoms with van der Waals surface area (Å²) in [5, 5.41) is 3.78. The van der Waals surface area contributed by atoms with Crippen LogP contribution < -0.4 is 14.4 Å². The van der Waals surface area contributed by atoms with E-state index >= 15 is 0 Å². The molecule has 1 aromatic heterocycles. The van der Waals surface area contributed by atoms with E-state index in [1.54, 1.807) is 14.2 Å². The number of amides is 1. The molecule has 6 nitrogen and oxygen atoms in total. The van der Waals surface area contributed by atoms with Crippen LogP contribution in [-0.2, 0) is 6.54 Å². The number of benzene rings is 2. The second-order valence-electron chi connectivity index (χ2n) is 7.69. The first-order valence-corrected chi connectivity index (χ1v) is 9.92. The largest absolute Gasteiger partial charge is 0.493 e. The lowest BCUT2D eigenvalue weighted by molar-refractivity contribution is -0.142. The maximum Gasteiger partial charge on any atom is 0.408 e. The van der Waals surface area contributed by atoms with Crippen molar-refractivity contribution in [1.29, 1.82) is 0 Å². The molecule has 2 heterocycles. The minimum atomic E-state index is -4.39. The molecule has 0 bridgehead atoms. The molecule has 168 valence electrons. The molecule has 2 aromatic carbocycles. The standard InChI is InChI=1S/C23H22F3N3O3/c1-13-7-16(15-5-6-19(31-3)20(9-15)32-4)8-18-14(2)29(22(30)21(13)18)17-10-27-28(11-17)12-23(24,25)26/h5-11,14H,12H2,1-4H3. The van der Waals surface area contributed by atoms with Gasteiger partial charge in [0, 0.05) is 11.8 Å². The average Bonchev–Trinajstić information content (AvgIpc) is 3.28. The van der Waals surface area contributed by atoms with Crippen LogP contribution in [0.15, 0.2) is 42.7 Å². The second-order valence-corrected chi connectivity index (χ2v) is 7.69. The number of methoxy groups -OCH3 is 2. The Balaban J connectivity index is 1.71. The number of aromatic nitrogens is 2. The Hall–Kier alpha value is -3.49. The summed E-state index contributed by atoms with van der Waals surface area (Å²) in [6.07, 6.45) is -1.85. The number of halogens is 3. The molecular formula is C23H22F3N3O3. The van der Waals surface area contributed by atoms with Gasteiger partial charge in [-0.2, -0.15) is 18.3 Å². The van der Waals surface area contributed by atoms with E-state index < -0.39 is 12.7 Å². The Morgan fingerprint density at radius 2 is 1.78 bits per heavy atom. The first-order chi connectivity index (χ1) is 15.1. The van der Waals surface area contributed by atoms with Gasteiger partial charge in [-0.05, 0) is 54.3 Å². The second kappa shape index (κ2) is 7.89. The number of aryl methyl sites for hydroxylation is 1. The van der Waals surface area contributed by atoms with Crippen LogP contribution in [0.5, 0.6) is 11.5 Å². The third-order valence-electron chi connectivity index (χ3n) is 5.59. The molecular weight excluding hydrogens is 423 g/mol. The molecule has 1 aliphatic heterocycles. The maximum absolute atomic E-state index is 13.2. The Morgan fingerprint density at radius 3 is 2.44 bits per heavy atom. The number of fused-ring (bicyclic) bond motifs is 1. The third-order valence-corrected chi connectivity index (χ3v) is 5.59. The van der Waals surface area contributed by atoms with Gasteiger partial charge in [-0.25, -0.2) is 0 Å². The molecule has 1 unspecified atom stereocenters. The van der Waals surface area contributed by atoms with E-state index in [1.807, 2.05) is 44.2 Å². The Labute approximate surface area is 183 Å². The number of carbonyl (C=O) groups is 1. The van der Waals surface area contributed by atoms with Crippen LogP contribution in [0.1, 0.15) is 34.5 Å². The highest BCUT2D eigenvalue weighted by molar-refractivity contribution is 6.12. The molecule has 3 aromatic rings. The SMILES string of the molecule is COc1ccc(-c2cc(C)c3c(c2)C(C)N(c2cnn(CC(F)(F)F)c2)C3=O)cc1OC. The molecule has 0 fully saturated rings. The monoisotopic (exact) mass is 445 g/mol. The summed E-state index contributed by atoms with van der Waals surface area (Å²) < 4.78 is 49.6. The predicted molar refractivity (Wildman–Crippen MR) is 113 cm³/mol. The van der Waals surface area contributed by atoms with Crippen LogP contribution in [0.3, 0.4) is 0 Å². The van der Waals surface area contributed by atoms with E-state index in [9.17, 15) is 18.0 Å². The van der Waals surface area contributed by atoms with Crippen molar-refractivity contribution in [1.82, 2.24) is 9.78 Å². The highest BCUT2D eigenvalue weighted by Gasteiger charge is 2.38. The molecule has 1 amide bonds. The zero-order chi connectivity index (χ0) is 23.2. The van der Waals surface area contributed by atoms with Crippen LogP contribution in [0, 0.1) is 6.92 Å². The van der Waals surface area contributed by atoms with Crippen LogP contribution in [0.2, 0.25) is 0 Å². The molecule has 0 N–H and O–H groups in total. The van der Waals surface area contributed by atoms with E-state index in [-0.39, 0.29) is 11.9 Å². The van der Waals surface area contributed by atoms with Crippen LogP contribution in [0.4, 0.5) is 18.9 Å². The van der Waals surface area contributed by atoms with Gasteiger partial charge in [0.2, 0.25) is 0 Å². The summed E-state index contributed by atoms with van der Waals surface area (Å²) in [5.41, 5.74) is 4.28. The van der Waals surface area contributed by atoms with E-state index in [4.69, 9.17) is 9.47 Å². The van der Waals surface area contributed by atoms with Gasteiger partial charge >= 0.3 is 6.18 Å². The van der Waals surface area contributed by atoms with Gasteiger partial charge in [-0.15, -0.1) is 0 Å². The molecule has 32 heavy (non-hydrogen) atoms. The Morgan fingerprint density at radius 1 is 1.06 bits per heavy atom. The molecule has 1 atom stereocenters. The predicted octanol–water partition coefficient (Wildman–Crippen LogP) is 5.16. The fourth-order valence-electron chi connectivity index (χ4n) is 4.14. The number of hydrogen-bond donors (Lipinski definition) is 0. The Kier molecular flexibility index (Phi) is 5.36. The van der Waals surface area contributed by atoms with Crippen molar-refractivity contribution in [3.63, 3.8) is 0 Å². The minimum absolute atomic E-state index is 0.254. The highest BCUT2D eigenvalue weighted by atomic mass is 19.4. The van der Waals surface area contributed by atoms with Crippen LogP contribution in [-0.4, -0.2) is 36.1 Å². The van der Waals surface area contributed by atoms with Gasteiger partial charge in [-0.1, -0.05) is 12.1 Å². The normalized spacial score (nSPS) is 15.8.